The van der Waals surface area contributed by atoms with Gasteiger partial charge in [0, 0.05) is 16.9 Å². The number of benzene rings is 3. The van der Waals surface area contributed by atoms with Gasteiger partial charge in [0.2, 0.25) is 0 Å². The number of anilines is 2. The summed E-state index contributed by atoms with van der Waals surface area (Å²) in [6.07, 6.45) is 2.87. The van der Waals surface area contributed by atoms with Gasteiger partial charge in [0.05, 0.1) is 29.9 Å². The number of carboxylic acids is 2. The minimum atomic E-state index is -1.49. The van der Waals surface area contributed by atoms with Crippen molar-refractivity contribution in [1.82, 2.24) is 0 Å². The fourth-order valence-corrected chi connectivity index (χ4v) is 3.42. The Morgan fingerprint density at radius 1 is 0.757 bits per heavy atom. The Balaban J connectivity index is 1.48. The average molecular weight is 507 g/mol. The highest BCUT2D eigenvalue weighted by molar-refractivity contribution is 6.13. The molecule has 0 saturated heterocycles. The molecular formula is C27H26N2O8. The molecule has 0 radical (unpaired) electrons. The van der Waals surface area contributed by atoms with Crippen molar-refractivity contribution in [2.75, 3.05) is 24.3 Å². The number of aldehydes is 1. The lowest BCUT2D eigenvalue weighted by Gasteiger charge is -2.11. The molecule has 37 heavy (non-hydrogen) atoms. The predicted molar refractivity (Wildman–Crippen MR) is 136 cm³/mol. The number of carbonyl (C=O) groups excluding carboxylic acids is 2. The molecule has 0 fully saturated rings. The van der Waals surface area contributed by atoms with E-state index in [1.165, 1.54) is 0 Å². The molecule has 0 heterocycles. The van der Waals surface area contributed by atoms with E-state index in [0.717, 1.165) is 37.1 Å². The molecule has 0 unspecified atom stereocenters. The van der Waals surface area contributed by atoms with Crippen LogP contribution in [0.1, 0.15) is 60.7 Å². The summed E-state index contributed by atoms with van der Waals surface area (Å²) < 4.78 is 11.4. The van der Waals surface area contributed by atoms with Crippen LogP contribution in [-0.4, -0.2) is 47.6 Å². The lowest BCUT2D eigenvalue weighted by molar-refractivity contribution is 0.0691. The highest BCUT2D eigenvalue weighted by Crippen LogP contribution is 2.21. The number of carboxylic acid groups (broad SMARTS) is 2. The molecule has 0 spiro atoms. The first-order valence-corrected chi connectivity index (χ1v) is 11.4. The van der Waals surface area contributed by atoms with Crippen LogP contribution in [0.15, 0.2) is 60.7 Å². The Labute approximate surface area is 212 Å². The van der Waals surface area contributed by atoms with Crippen LogP contribution in [0.2, 0.25) is 0 Å². The number of rotatable bonds is 13. The highest BCUT2D eigenvalue weighted by atomic mass is 16.5. The number of nitrogens with one attached hydrogen (secondary N) is 1. The summed E-state index contributed by atoms with van der Waals surface area (Å²) in [4.78, 5) is 46.8. The topological polar surface area (TPSA) is 165 Å². The fourth-order valence-electron chi connectivity index (χ4n) is 3.42. The summed E-state index contributed by atoms with van der Waals surface area (Å²) >= 11 is 0. The number of ether oxygens (including phenoxy) is 2. The Morgan fingerprint density at radius 2 is 1.30 bits per heavy atom. The molecule has 0 saturated carbocycles. The van der Waals surface area contributed by atoms with E-state index < -0.39 is 29.0 Å². The van der Waals surface area contributed by atoms with Crippen LogP contribution in [0.4, 0.5) is 11.4 Å². The molecule has 5 N–H and O–H groups in total. The summed E-state index contributed by atoms with van der Waals surface area (Å²) in [5, 5.41) is 21.1. The number of unbranched alkanes of at least 4 members (excludes halogenated alkanes) is 2. The number of carbonyl (C=O) groups is 4. The maximum Gasteiger partial charge on any atom is 0.336 e. The quantitative estimate of drug-likeness (QED) is 0.150. The highest BCUT2D eigenvalue weighted by Gasteiger charge is 2.22. The molecule has 3 aromatic carbocycles. The van der Waals surface area contributed by atoms with E-state index in [4.69, 9.17) is 15.2 Å². The monoisotopic (exact) mass is 506 g/mol. The van der Waals surface area contributed by atoms with Gasteiger partial charge in [0.15, 0.2) is 6.29 Å². The van der Waals surface area contributed by atoms with E-state index in [1.807, 2.05) is 12.1 Å². The number of hydrogen-bond donors (Lipinski definition) is 4. The van der Waals surface area contributed by atoms with Gasteiger partial charge >= 0.3 is 11.9 Å². The average Bonchev–Trinajstić information content (AvgIpc) is 2.89. The van der Waals surface area contributed by atoms with Gasteiger partial charge in [-0.25, -0.2) is 9.59 Å². The summed E-state index contributed by atoms with van der Waals surface area (Å²) in [6, 6.07) is 15.5. The third kappa shape index (κ3) is 7.56. The van der Waals surface area contributed by atoms with E-state index in [9.17, 15) is 29.4 Å². The van der Waals surface area contributed by atoms with E-state index in [1.54, 1.807) is 36.4 Å². The first-order valence-electron chi connectivity index (χ1n) is 11.4. The van der Waals surface area contributed by atoms with Gasteiger partial charge in [-0.15, -0.1) is 0 Å². The van der Waals surface area contributed by atoms with Crippen LogP contribution in [-0.2, 0) is 0 Å². The fraction of sp³-hybridized carbons (Fsp3) is 0.185. The van der Waals surface area contributed by atoms with Crippen LogP contribution in [0, 0.1) is 0 Å². The van der Waals surface area contributed by atoms with Crippen LogP contribution in [0.5, 0.6) is 11.5 Å². The first kappa shape index (κ1) is 26.7. The largest absolute Gasteiger partial charge is 0.494 e. The molecule has 0 atom stereocenters. The Hall–Kier alpha value is -4.86. The lowest BCUT2D eigenvalue weighted by atomic mass is 9.98. The molecule has 0 aliphatic heterocycles. The zero-order valence-electron chi connectivity index (χ0n) is 19.8. The molecule has 3 rings (SSSR count). The number of amides is 1. The Morgan fingerprint density at radius 3 is 1.81 bits per heavy atom. The SMILES string of the molecule is Nc1ccc(OCCCCCOc2ccc(NC(=O)c3cc(C=O)c(C(=O)O)cc3C(=O)O)cc2)cc1. The number of hydrogen-bond acceptors (Lipinski definition) is 7. The molecule has 0 aromatic heterocycles. The van der Waals surface area contributed by atoms with E-state index in [-0.39, 0.29) is 17.4 Å². The molecule has 3 aromatic rings. The molecular weight excluding hydrogens is 480 g/mol. The predicted octanol–water partition coefficient (Wildman–Crippen LogP) is 4.36. The first-order chi connectivity index (χ1) is 17.8. The van der Waals surface area contributed by atoms with Gasteiger partial charge in [-0.05, 0) is 79.9 Å². The van der Waals surface area contributed by atoms with Gasteiger partial charge in [-0.2, -0.15) is 0 Å². The number of nitrogen functional groups attached to an aromatic ring is 1. The standard InChI is InChI=1S/C27H26N2O8/c28-18-4-8-20(9-5-18)36-12-2-1-3-13-37-21-10-6-19(7-11-21)29-25(31)23-14-17(16-30)22(26(32)33)15-24(23)27(34)35/h4-11,14-16H,1-3,12-13,28H2,(H,29,31)(H,32,33)(H,34,35). The third-order valence-electron chi connectivity index (χ3n) is 5.34. The summed E-state index contributed by atoms with van der Waals surface area (Å²) in [6.45, 7) is 1.09. The summed E-state index contributed by atoms with van der Waals surface area (Å²) in [5.41, 5.74) is 5.03. The summed E-state index contributed by atoms with van der Waals surface area (Å²) in [5.74, 6) is -2.40. The molecule has 0 bridgehead atoms. The third-order valence-corrected chi connectivity index (χ3v) is 5.34. The van der Waals surface area contributed by atoms with Crippen LogP contribution >= 0.6 is 0 Å². The number of nitrogens with two attached hydrogens (primary N) is 1. The van der Waals surface area contributed by atoms with Crippen LogP contribution in [0.3, 0.4) is 0 Å². The molecule has 0 aliphatic rings. The zero-order chi connectivity index (χ0) is 26.8. The van der Waals surface area contributed by atoms with Gasteiger partial charge in [0.25, 0.3) is 5.91 Å². The maximum atomic E-state index is 12.7. The Bertz CT molecular complexity index is 1270. The van der Waals surface area contributed by atoms with Gasteiger partial charge in [-0.3, -0.25) is 9.59 Å². The number of aromatic carboxylic acids is 2. The molecule has 0 aliphatic carbocycles. The van der Waals surface area contributed by atoms with Crippen LogP contribution in [0.25, 0.3) is 0 Å². The van der Waals surface area contributed by atoms with Crippen molar-refractivity contribution in [2.45, 2.75) is 19.3 Å². The van der Waals surface area contributed by atoms with E-state index in [0.29, 0.717) is 30.3 Å². The normalized spacial score (nSPS) is 10.4. The molecule has 1 amide bonds. The maximum absolute atomic E-state index is 12.7. The molecule has 10 nitrogen and oxygen atoms in total. The second-order valence-corrected chi connectivity index (χ2v) is 8.02. The minimum absolute atomic E-state index is 0.255. The minimum Gasteiger partial charge on any atom is -0.494 e. The van der Waals surface area contributed by atoms with Crippen molar-refractivity contribution in [3.63, 3.8) is 0 Å². The van der Waals surface area contributed by atoms with E-state index in [2.05, 4.69) is 5.32 Å². The lowest BCUT2D eigenvalue weighted by Crippen LogP contribution is -2.18. The molecule has 192 valence electrons. The smallest absolute Gasteiger partial charge is 0.336 e. The van der Waals surface area contributed by atoms with Crippen molar-refractivity contribution in [3.8, 4) is 11.5 Å². The van der Waals surface area contributed by atoms with Crippen molar-refractivity contribution in [3.05, 3.63) is 82.9 Å². The summed E-state index contributed by atoms with van der Waals surface area (Å²) in [7, 11) is 0. The van der Waals surface area contributed by atoms with Crippen molar-refractivity contribution < 1.29 is 38.9 Å². The molecule has 10 heteroatoms. The van der Waals surface area contributed by atoms with Gasteiger partial charge in [0.1, 0.15) is 11.5 Å². The van der Waals surface area contributed by atoms with E-state index >= 15 is 0 Å². The Kier molecular flexibility index (Phi) is 9.20. The van der Waals surface area contributed by atoms with Crippen molar-refractivity contribution in [1.29, 1.82) is 0 Å². The van der Waals surface area contributed by atoms with Crippen LogP contribution < -0.4 is 20.5 Å². The zero-order valence-corrected chi connectivity index (χ0v) is 19.8. The van der Waals surface area contributed by atoms with Gasteiger partial charge in [-0.1, -0.05) is 0 Å². The van der Waals surface area contributed by atoms with Crippen molar-refractivity contribution >= 4 is 35.5 Å². The van der Waals surface area contributed by atoms with Crippen molar-refractivity contribution in [2.24, 2.45) is 0 Å². The second kappa shape index (κ2) is 12.7. The second-order valence-electron chi connectivity index (χ2n) is 8.02. The van der Waals surface area contributed by atoms with Gasteiger partial charge < -0.3 is 30.7 Å².